The zero-order chi connectivity index (χ0) is 18.1. The molecule has 2 aromatic rings. The van der Waals surface area contributed by atoms with E-state index in [-0.39, 0.29) is 0 Å². The van der Waals surface area contributed by atoms with Gasteiger partial charge in [0.15, 0.2) is 0 Å². The summed E-state index contributed by atoms with van der Waals surface area (Å²) < 4.78 is 6.72. The first kappa shape index (κ1) is 17.3. The number of rotatable bonds is 4. The van der Waals surface area contributed by atoms with Crippen LogP contribution in [0.2, 0.25) is 0 Å². The van der Waals surface area contributed by atoms with Crippen LogP contribution in [0.3, 0.4) is 0 Å². The highest BCUT2D eigenvalue weighted by Gasteiger charge is 2.41. The van der Waals surface area contributed by atoms with Crippen LogP contribution < -0.4 is 0 Å². The number of para-hydroxylation sites is 1. The van der Waals surface area contributed by atoms with Crippen molar-refractivity contribution in [2.45, 2.75) is 26.4 Å². The lowest BCUT2D eigenvalue weighted by molar-refractivity contribution is -0.148. The predicted octanol–water partition coefficient (Wildman–Crippen LogP) is 3.26. The van der Waals surface area contributed by atoms with E-state index in [1.807, 2.05) is 37.4 Å². The zero-order valence-corrected chi connectivity index (χ0v) is 15.0. The average Bonchev–Trinajstić information content (AvgIpc) is 3.11. The van der Waals surface area contributed by atoms with Crippen molar-refractivity contribution in [1.82, 2.24) is 9.47 Å². The molecule has 0 aliphatic carbocycles. The second-order valence-electron chi connectivity index (χ2n) is 5.64. The van der Waals surface area contributed by atoms with Crippen molar-refractivity contribution in [3.63, 3.8) is 0 Å². The van der Waals surface area contributed by atoms with Gasteiger partial charge in [-0.3, -0.25) is 14.5 Å². The van der Waals surface area contributed by atoms with Crippen LogP contribution in [0, 0.1) is 0 Å². The number of nitrogens with zero attached hydrogens (tertiary/aromatic N) is 2. The fourth-order valence-electron chi connectivity index (χ4n) is 2.88. The number of amides is 2. The topological polar surface area (TPSA) is 68.6 Å². The summed E-state index contributed by atoms with van der Waals surface area (Å²) >= 11 is 0.840. The monoisotopic (exact) mass is 358 g/mol. The molecule has 1 unspecified atom stereocenters. The molecule has 130 valence electrons. The number of imide groups is 1. The van der Waals surface area contributed by atoms with Crippen LogP contribution in [0.1, 0.15) is 19.4 Å². The van der Waals surface area contributed by atoms with Crippen molar-refractivity contribution < 1.29 is 19.1 Å². The quantitative estimate of drug-likeness (QED) is 0.620. The first-order valence-electron chi connectivity index (χ1n) is 7.90. The van der Waals surface area contributed by atoms with Crippen LogP contribution in [-0.2, 0) is 20.9 Å². The maximum absolute atomic E-state index is 12.6. The molecule has 0 N–H and O–H groups in total. The number of aryl methyl sites for hydroxylation is 1. The number of esters is 1. The summed E-state index contributed by atoms with van der Waals surface area (Å²) in [5, 5.41) is 0.547. The minimum absolute atomic E-state index is 0.305. The van der Waals surface area contributed by atoms with Gasteiger partial charge >= 0.3 is 5.97 Å². The Labute approximate surface area is 149 Å². The number of hydrogen-bond donors (Lipinski definition) is 0. The Morgan fingerprint density at radius 2 is 2.04 bits per heavy atom. The second kappa shape index (κ2) is 6.76. The van der Waals surface area contributed by atoms with Gasteiger partial charge in [0.1, 0.15) is 6.04 Å². The minimum atomic E-state index is -0.944. The number of ether oxygens (including phenoxy) is 1. The van der Waals surface area contributed by atoms with Crippen LogP contribution >= 0.6 is 11.8 Å². The average molecular weight is 358 g/mol. The third-order valence-corrected chi connectivity index (χ3v) is 5.08. The highest BCUT2D eigenvalue weighted by Crippen LogP contribution is 2.35. The Kier molecular flexibility index (Phi) is 4.67. The van der Waals surface area contributed by atoms with E-state index in [1.54, 1.807) is 6.08 Å². The molecule has 3 rings (SSSR count). The summed E-state index contributed by atoms with van der Waals surface area (Å²) in [7, 11) is 1.23. The zero-order valence-electron chi connectivity index (χ0n) is 14.2. The number of hydrogen-bond acceptors (Lipinski definition) is 5. The van der Waals surface area contributed by atoms with E-state index < -0.39 is 23.2 Å². The Morgan fingerprint density at radius 3 is 2.72 bits per heavy atom. The van der Waals surface area contributed by atoms with E-state index in [1.165, 1.54) is 14.0 Å². The van der Waals surface area contributed by atoms with Crippen LogP contribution in [0.25, 0.3) is 17.0 Å². The Hall–Kier alpha value is -2.54. The number of thioether (sulfide) groups is 1. The van der Waals surface area contributed by atoms with Crippen LogP contribution in [0.4, 0.5) is 4.79 Å². The fraction of sp³-hybridized carbons (Fsp3) is 0.278. The summed E-state index contributed by atoms with van der Waals surface area (Å²) in [6.07, 6.45) is 3.67. The molecule has 1 aliphatic rings. The summed E-state index contributed by atoms with van der Waals surface area (Å²) in [6, 6.07) is 6.95. The fourth-order valence-corrected chi connectivity index (χ4v) is 3.78. The summed E-state index contributed by atoms with van der Waals surface area (Å²) in [5.41, 5.74) is 1.94. The number of benzene rings is 1. The largest absolute Gasteiger partial charge is 0.467 e. The molecule has 1 saturated heterocycles. The SMILES string of the molecule is CCn1cc(/C=C2\SC(=O)N(C(C)C(=O)OC)C2=O)c2ccccc21. The molecule has 7 heteroatoms. The second-order valence-corrected chi connectivity index (χ2v) is 6.63. The minimum Gasteiger partial charge on any atom is -0.467 e. The molecule has 0 spiro atoms. The molecule has 6 nitrogen and oxygen atoms in total. The number of aromatic nitrogens is 1. The van der Waals surface area contributed by atoms with Crippen LogP contribution in [0.5, 0.6) is 0 Å². The van der Waals surface area contributed by atoms with E-state index in [9.17, 15) is 14.4 Å². The Balaban J connectivity index is 1.99. The van der Waals surface area contributed by atoms with E-state index in [0.29, 0.717) is 4.91 Å². The molecular formula is C18H18N2O4S. The predicted molar refractivity (Wildman–Crippen MR) is 96.9 cm³/mol. The first-order chi connectivity index (χ1) is 12.0. The smallest absolute Gasteiger partial charge is 0.328 e. The highest BCUT2D eigenvalue weighted by molar-refractivity contribution is 8.18. The molecule has 1 aliphatic heterocycles. The van der Waals surface area contributed by atoms with Gasteiger partial charge in [-0.1, -0.05) is 18.2 Å². The molecule has 1 atom stereocenters. The molecule has 0 bridgehead atoms. The van der Waals surface area contributed by atoms with Crippen molar-refractivity contribution in [3.8, 4) is 0 Å². The molecular weight excluding hydrogens is 340 g/mol. The molecule has 2 heterocycles. The molecule has 0 saturated carbocycles. The lowest BCUT2D eigenvalue weighted by atomic mass is 10.1. The van der Waals surface area contributed by atoms with E-state index in [2.05, 4.69) is 9.30 Å². The van der Waals surface area contributed by atoms with Crippen LogP contribution in [-0.4, -0.2) is 39.7 Å². The van der Waals surface area contributed by atoms with Gasteiger partial charge in [-0.05, 0) is 37.8 Å². The van der Waals surface area contributed by atoms with Gasteiger partial charge in [-0.2, -0.15) is 0 Å². The van der Waals surface area contributed by atoms with Gasteiger partial charge in [0, 0.05) is 29.2 Å². The van der Waals surface area contributed by atoms with E-state index in [4.69, 9.17) is 0 Å². The van der Waals surface area contributed by atoms with E-state index >= 15 is 0 Å². The maximum atomic E-state index is 12.6. The Morgan fingerprint density at radius 1 is 1.32 bits per heavy atom. The number of fused-ring (bicyclic) bond motifs is 1. The first-order valence-corrected chi connectivity index (χ1v) is 8.72. The standard InChI is InChI=1S/C18H18N2O4S/c1-4-19-10-12(13-7-5-6-8-14(13)19)9-15-16(21)20(18(23)25-15)11(2)17(22)24-3/h5-11H,4H2,1-3H3/b15-9-. The van der Waals surface area contributed by atoms with Crippen molar-refractivity contribution in [3.05, 3.63) is 40.9 Å². The van der Waals surface area contributed by atoms with Crippen LogP contribution in [0.15, 0.2) is 35.4 Å². The molecule has 1 aromatic carbocycles. The van der Waals surface area contributed by atoms with Crippen molar-refractivity contribution in [1.29, 1.82) is 0 Å². The highest BCUT2D eigenvalue weighted by atomic mass is 32.2. The number of methoxy groups -OCH3 is 1. The third-order valence-electron chi connectivity index (χ3n) is 4.20. The summed E-state index contributed by atoms with van der Waals surface area (Å²) in [6.45, 7) is 4.32. The normalized spacial score (nSPS) is 17.6. The van der Waals surface area contributed by atoms with Gasteiger partial charge in [0.25, 0.3) is 11.1 Å². The number of carbonyl (C=O) groups excluding carboxylic acids is 3. The summed E-state index contributed by atoms with van der Waals surface area (Å²) in [4.78, 5) is 37.7. The molecule has 2 amide bonds. The molecule has 1 aromatic heterocycles. The lowest BCUT2D eigenvalue weighted by Gasteiger charge is -2.18. The van der Waals surface area contributed by atoms with E-state index in [0.717, 1.165) is 39.7 Å². The van der Waals surface area contributed by atoms with Gasteiger partial charge < -0.3 is 9.30 Å². The molecule has 0 radical (unpaired) electrons. The number of carbonyl (C=O) groups is 3. The van der Waals surface area contributed by atoms with Crippen molar-refractivity contribution in [2.75, 3.05) is 7.11 Å². The van der Waals surface area contributed by atoms with Gasteiger partial charge in [-0.25, -0.2) is 4.79 Å². The van der Waals surface area contributed by atoms with Crippen molar-refractivity contribution in [2.24, 2.45) is 0 Å². The lowest BCUT2D eigenvalue weighted by Crippen LogP contribution is -2.42. The third kappa shape index (κ3) is 2.95. The van der Waals surface area contributed by atoms with Gasteiger partial charge in [-0.15, -0.1) is 0 Å². The maximum Gasteiger partial charge on any atom is 0.328 e. The molecule has 1 fully saturated rings. The van der Waals surface area contributed by atoms with Gasteiger partial charge in [0.05, 0.1) is 12.0 Å². The summed E-state index contributed by atoms with van der Waals surface area (Å²) in [5.74, 6) is -1.09. The van der Waals surface area contributed by atoms with Gasteiger partial charge in [0.2, 0.25) is 0 Å². The van der Waals surface area contributed by atoms with Crippen molar-refractivity contribution >= 4 is 45.9 Å². The molecule has 25 heavy (non-hydrogen) atoms. The Bertz CT molecular complexity index is 900.